The monoisotopic (exact) mass is 409 g/mol. The molecule has 0 aliphatic heterocycles. The Hall–Kier alpha value is -2.55. The number of nitrogens with zero attached hydrogens (tertiary/aromatic N) is 9. The molecule has 2 atom stereocenters. The first-order chi connectivity index (χ1) is 14.0. The lowest BCUT2D eigenvalue weighted by atomic mass is 9.46. The molecule has 0 spiro atoms. The van der Waals surface area contributed by atoms with Crippen LogP contribution < -0.4 is 0 Å². The van der Waals surface area contributed by atoms with Gasteiger partial charge in [0.2, 0.25) is 5.28 Å². The molecule has 10 heteroatoms. The van der Waals surface area contributed by atoms with Gasteiger partial charge in [0.05, 0.1) is 17.1 Å². The SMILES string of the molecule is Cn1ncc2c1ncn1nc(C34CC5CC(C3)CC(n3cnc(Cl)n3)(C5)C4)nc21. The van der Waals surface area contributed by atoms with Crippen molar-refractivity contribution in [2.45, 2.75) is 49.5 Å². The van der Waals surface area contributed by atoms with E-state index in [1.807, 2.05) is 28.8 Å². The molecule has 29 heavy (non-hydrogen) atoms. The molecule has 0 saturated heterocycles. The Kier molecular flexibility index (Phi) is 2.88. The van der Waals surface area contributed by atoms with Gasteiger partial charge in [0.15, 0.2) is 17.1 Å². The van der Waals surface area contributed by atoms with Crippen LogP contribution in [0.3, 0.4) is 0 Å². The minimum Gasteiger partial charge on any atom is -0.250 e. The lowest BCUT2D eigenvalue weighted by Crippen LogP contribution is -2.58. The molecule has 4 fully saturated rings. The zero-order valence-electron chi connectivity index (χ0n) is 16.0. The molecule has 0 radical (unpaired) electrons. The molecule has 4 aliphatic carbocycles. The fraction of sp³-hybridized carbons (Fsp3) is 0.579. The molecule has 4 bridgehead atoms. The summed E-state index contributed by atoms with van der Waals surface area (Å²) in [6, 6.07) is 0. The number of halogens is 1. The minimum atomic E-state index is -0.0247. The van der Waals surface area contributed by atoms with E-state index in [0.717, 1.165) is 54.6 Å². The van der Waals surface area contributed by atoms with Crippen LogP contribution in [0.2, 0.25) is 5.28 Å². The van der Waals surface area contributed by atoms with E-state index in [2.05, 4.69) is 20.2 Å². The number of hydrogen-bond donors (Lipinski definition) is 0. The highest BCUT2D eigenvalue weighted by atomic mass is 35.5. The first kappa shape index (κ1) is 16.3. The average molecular weight is 410 g/mol. The van der Waals surface area contributed by atoms with E-state index in [0.29, 0.717) is 17.1 Å². The molecule has 4 saturated carbocycles. The van der Waals surface area contributed by atoms with Crippen molar-refractivity contribution in [3.63, 3.8) is 0 Å². The van der Waals surface area contributed by atoms with Gasteiger partial charge in [-0.1, -0.05) is 0 Å². The third kappa shape index (κ3) is 2.06. The van der Waals surface area contributed by atoms with Crippen molar-refractivity contribution >= 4 is 28.3 Å². The van der Waals surface area contributed by atoms with E-state index in [9.17, 15) is 0 Å². The molecular weight excluding hydrogens is 390 g/mol. The Morgan fingerprint density at radius 2 is 1.86 bits per heavy atom. The van der Waals surface area contributed by atoms with Crippen molar-refractivity contribution in [1.29, 1.82) is 0 Å². The van der Waals surface area contributed by atoms with Crippen LogP contribution in [0.1, 0.15) is 44.3 Å². The summed E-state index contributed by atoms with van der Waals surface area (Å²) in [5.41, 5.74) is 1.62. The van der Waals surface area contributed by atoms with Crippen molar-refractivity contribution in [2.75, 3.05) is 0 Å². The largest absolute Gasteiger partial charge is 0.250 e. The number of rotatable bonds is 2. The Balaban J connectivity index is 1.40. The van der Waals surface area contributed by atoms with Gasteiger partial charge in [0, 0.05) is 12.5 Å². The van der Waals surface area contributed by atoms with E-state index in [1.165, 1.54) is 6.42 Å². The molecule has 4 aliphatic rings. The van der Waals surface area contributed by atoms with Gasteiger partial charge in [-0.05, 0) is 62.0 Å². The highest BCUT2D eigenvalue weighted by molar-refractivity contribution is 6.28. The summed E-state index contributed by atoms with van der Waals surface area (Å²) in [6.45, 7) is 0. The Labute approximate surface area is 171 Å². The van der Waals surface area contributed by atoms with Crippen LogP contribution in [-0.2, 0) is 18.0 Å². The fourth-order valence-electron chi connectivity index (χ4n) is 6.88. The molecule has 2 unspecified atom stereocenters. The quantitative estimate of drug-likeness (QED) is 0.505. The van der Waals surface area contributed by atoms with Gasteiger partial charge in [0.25, 0.3) is 0 Å². The predicted octanol–water partition coefficient (Wildman–Crippen LogP) is 2.50. The standard InChI is InChI=1S/C19H20ClN9/c1-27-14-13(7-23-27)15-24-16(25-28(15)9-21-14)18-3-11-2-12(4-18)6-19(5-11,8-18)29-10-22-17(20)26-29/h7,9-12H,2-6,8H2,1H3. The van der Waals surface area contributed by atoms with Crippen LogP contribution in [0.15, 0.2) is 18.9 Å². The Bertz CT molecular complexity index is 1270. The molecule has 0 aromatic carbocycles. The zero-order valence-corrected chi connectivity index (χ0v) is 16.8. The number of aromatic nitrogens is 9. The maximum absolute atomic E-state index is 6.08. The van der Waals surface area contributed by atoms with Crippen LogP contribution in [0.5, 0.6) is 0 Å². The zero-order chi connectivity index (χ0) is 19.4. The van der Waals surface area contributed by atoms with E-state index >= 15 is 0 Å². The van der Waals surface area contributed by atoms with Gasteiger partial charge in [-0.15, -0.1) is 10.2 Å². The summed E-state index contributed by atoms with van der Waals surface area (Å²) < 4.78 is 5.63. The molecule has 9 nitrogen and oxygen atoms in total. The first-order valence-electron chi connectivity index (χ1n) is 10.1. The van der Waals surface area contributed by atoms with Crippen molar-refractivity contribution in [3.05, 3.63) is 30.0 Å². The summed E-state index contributed by atoms with van der Waals surface area (Å²) in [6.07, 6.45) is 12.3. The Morgan fingerprint density at radius 3 is 2.62 bits per heavy atom. The predicted molar refractivity (Wildman–Crippen MR) is 104 cm³/mol. The molecule has 4 aromatic heterocycles. The molecule has 0 amide bonds. The van der Waals surface area contributed by atoms with Crippen LogP contribution in [0.25, 0.3) is 16.7 Å². The number of fused-ring (bicyclic) bond motifs is 3. The maximum atomic E-state index is 6.08. The fourth-order valence-corrected chi connectivity index (χ4v) is 7.00. The highest BCUT2D eigenvalue weighted by Gasteiger charge is 2.61. The van der Waals surface area contributed by atoms with Gasteiger partial charge in [0.1, 0.15) is 12.7 Å². The summed E-state index contributed by atoms with van der Waals surface area (Å²) in [5, 5.41) is 15.1. The molecule has 148 valence electrons. The van der Waals surface area contributed by atoms with Crippen LogP contribution in [0.4, 0.5) is 0 Å². The van der Waals surface area contributed by atoms with Crippen LogP contribution in [-0.4, -0.2) is 44.1 Å². The van der Waals surface area contributed by atoms with Gasteiger partial charge in [-0.3, -0.25) is 4.68 Å². The molecular formula is C19H20ClN9. The van der Waals surface area contributed by atoms with Gasteiger partial charge in [-0.25, -0.2) is 24.1 Å². The van der Waals surface area contributed by atoms with E-state index in [4.69, 9.17) is 21.7 Å². The highest BCUT2D eigenvalue weighted by Crippen LogP contribution is 2.64. The molecule has 4 heterocycles. The van der Waals surface area contributed by atoms with Gasteiger partial charge < -0.3 is 0 Å². The van der Waals surface area contributed by atoms with E-state index in [-0.39, 0.29) is 11.0 Å². The first-order valence-corrected chi connectivity index (χ1v) is 10.5. The summed E-state index contributed by atoms with van der Waals surface area (Å²) in [7, 11) is 1.90. The van der Waals surface area contributed by atoms with Gasteiger partial charge in [-0.2, -0.15) is 5.10 Å². The van der Waals surface area contributed by atoms with Crippen molar-refractivity contribution in [3.8, 4) is 0 Å². The lowest BCUT2D eigenvalue weighted by Gasteiger charge is -2.60. The molecule has 8 rings (SSSR count). The summed E-state index contributed by atoms with van der Waals surface area (Å²) in [4.78, 5) is 13.8. The molecule has 0 N–H and O–H groups in total. The lowest BCUT2D eigenvalue weighted by molar-refractivity contribution is -0.0715. The third-order valence-corrected chi connectivity index (χ3v) is 7.70. The maximum Gasteiger partial charge on any atom is 0.242 e. The summed E-state index contributed by atoms with van der Waals surface area (Å²) in [5.74, 6) is 2.28. The minimum absolute atomic E-state index is 0.0242. The van der Waals surface area contributed by atoms with Crippen molar-refractivity contribution in [2.24, 2.45) is 18.9 Å². The third-order valence-electron chi connectivity index (χ3n) is 7.52. The smallest absolute Gasteiger partial charge is 0.242 e. The van der Waals surface area contributed by atoms with Gasteiger partial charge >= 0.3 is 0 Å². The van der Waals surface area contributed by atoms with Crippen LogP contribution in [0, 0.1) is 11.8 Å². The van der Waals surface area contributed by atoms with E-state index in [1.54, 1.807) is 11.0 Å². The topological polar surface area (TPSA) is 91.6 Å². The van der Waals surface area contributed by atoms with Crippen LogP contribution >= 0.6 is 11.6 Å². The van der Waals surface area contributed by atoms with E-state index < -0.39 is 0 Å². The summed E-state index contributed by atoms with van der Waals surface area (Å²) >= 11 is 6.08. The van der Waals surface area contributed by atoms with Crippen molar-refractivity contribution in [1.82, 2.24) is 44.1 Å². The second-order valence-corrected chi connectivity index (χ2v) is 9.72. The Morgan fingerprint density at radius 1 is 1.03 bits per heavy atom. The normalized spacial score (nSPS) is 33.3. The number of hydrogen-bond acceptors (Lipinski definition) is 6. The number of aryl methyl sites for hydroxylation is 1. The molecule has 4 aromatic rings. The average Bonchev–Trinajstić information content (AvgIpc) is 3.39. The van der Waals surface area contributed by atoms with Crippen molar-refractivity contribution < 1.29 is 0 Å². The second kappa shape index (κ2) is 5.13. The second-order valence-electron chi connectivity index (χ2n) is 9.38.